The molecule has 57 heavy (non-hydrogen) atoms. The zero-order valence-corrected chi connectivity index (χ0v) is 31.2. The van der Waals surface area contributed by atoms with Gasteiger partial charge in [0.25, 0.3) is 0 Å². The third-order valence-electron chi connectivity index (χ3n) is 11.1. The van der Waals surface area contributed by atoms with Crippen molar-refractivity contribution < 1.29 is 4.42 Å². The molecule has 0 aliphatic carbocycles. The highest BCUT2D eigenvalue weighted by Crippen LogP contribution is 2.41. The lowest BCUT2D eigenvalue weighted by Crippen LogP contribution is -2.00. The molecule has 12 aromatic rings. The lowest BCUT2D eigenvalue weighted by Gasteiger charge is -2.11. The minimum atomic E-state index is 0.596. The smallest absolute Gasteiger partial charge is 0.164 e. The van der Waals surface area contributed by atoms with E-state index in [2.05, 4.69) is 156 Å². The van der Waals surface area contributed by atoms with Gasteiger partial charge >= 0.3 is 0 Å². The summed E-state index contributed by atoms with van der Waals surface area (Å²) >= 11 is 1.79. The summed E-state index contributed by atoms with van der Waals surface area (Å²) in [7, 11) is 0. The second-order valence-corrected chi connectivity index (χ2v) is 15.5. The van der Waals surface area contributed by atoms with Crippen molar-refractivity contribution in [1.29, 1.82) is 0 Å². The van der Waals surface area contributed by atoms with Crippen molar-refractivity contribution in [3.05, 3.63) is 182 Å². The van der Waals surface area contributed by atoms with Gasteiger partial charge in [0.05, 0.1) is 11.0 Å². The minimum absolute atomic E-state index is 0.596. The Morgan fingerprint density at radius 3 is 1.84 bits per heavy atom. The van der Waals surface area contributed by atoms with Crippen LogP contribution in [-0.2, 0) is 0 Å². The Balaban J connectivity index is 0.996. The Bertz CT molecular complexity index is 3530. The summed E-state index contributed by atoms with van der Waals surface area (Å²) < 4.78 is 11.4. The van der Waals surface area contributed by atoms with Gasteiger partial charge in [-0.1, -0.05) is 127 Å². The van der Waals surface area contributed by atoms with Crippen LogP contribution in [0.4, 0.5) is 0 Å². The van der Waals surface area contributed by atoms with Gasteiger partial charge in [-0.25, -0.2) is 15.0 Å². The van der Waals surface area contributed by atoms with Gasteiger partial charge in [0, 0.05) is 69.7 Å². The van der Waals surface area contributed by atoms with Crippen LogP contribution < -0.4 is 0 Å². The normalized spacial score (nSPS) is 11.9. The number of para-hydroxylation sites is 3. The third kappa shape index (κ3) is 5.12. The topological polar surface area (TPSA) is 56.7 Å². The molecule has 0 saturated carbocycles. The average Bonchev–Trinajstić information content (AvgIpc) is 3.95. The van der Waals surface area contributed by atoms with E-state index in [1.54, 1.807) is 11.3 Å². The lowest BCUT2D eigenvalue weighted by atomic mass is 9.99. The molecule has 0 aliphatic rings. The van der Waals surface area contributed by atoms with E-state index < -0.39 is 0 Å². The quantitative estimate of drug-likeness (QED) is 0.176. The van der Waals surface area contributed by atoms with Crippen molar-refractivity contribution >= 4 is 75.3 Å². The molecule has 0 amide bonds. The van der Waals surface area contributed by atoms with Gasteiger partial charge in [0.15, 0.2) is 17.5 Å². The van der Waals surface area contributed by atoms with Crippen LogP contribution in [0.3, 0.4) is 0 Å². The van der Waals surface area contributed by atoms with Crippen LogP contribution in [-0.4, -0.2) is 19.5 Å². The summed E-state index contributed by atoms with van der Waals surface area (Å²) in [6, 6.07) is 63.9. The molecule has 0 unspecified atom stereocenters. The maximum atomic E-state index is 6.57. The lowest BCUT2D eigenvalue weighted by molar-refractivity contribution is 0.669. The van der Waals surface area contributed by atoms with Crippen LogP contribution >= 0.6 is 11.3 Å². The largest absolute Gasteiger partial charge is 0.456 e. The Morgan fingerprint density at radius 1 is 0.386 bits per heavy atom. The monoisotopic (exact) mass is 746 g/mol. The van der Waals surface area contributed by atoms with Gasteiger partial charge in [-0.15, -0.1) is 11.3 Å². The second kappa shape index (κ2) is 12.6. The summed E-state index contributed by atoms with van der Waals surface area (Å²) in [5.74, 6) is 1.86. The minimum Gasteiger partial charge on any atom is -0.456 e. The molecule has 0 radical (unpaired) electrons. The predicted molar refractivity (Wildman–Crippen MR) is 236 cm³/mol. The van der Waals surface area contributed by atoms with Crippen molar-refractivity contribution in [2.45, 2.75) is 0 Å². The Kier molecular flexibility index (Phi) is 7.03. The molecule has 0 aliphatic heterocycles. The molecular weight excluding hydrogens is 717 g/mol. The van der Waals surface area contributed by atoms with Crippen LogP contribution in [0.15, 0.2) is 186 Å². The molecule has 4 aromatic heterocycles. The van der Waals surface area contributed by atoms with Crippen molar-refractivity contribution in [2.75, 3.05) is 0 Å². The van der Waals surface area contributed by atoms with Gasteiger partial charge < -0.3 is 8.98 Å². The first-order valence-electron chi connectivity index (χ1n) is 19.0. The maximum Gasteiger partial charge on any atom is 0.164 e. The van der Waals surface area contributed by atoms with Crippen LogP contribution in [0, 0.1) is 0 Å². The summed E-state index contributed by atoms with van der Waals surface area (Å²) in [5.41, 5.74) is 10.2. The summed E-state index contributed by atoms with van der Waals surface area (Å²) in [6.07, 6.45) is 0. The molecule has 12 rings (SSSR count). The highest BCUT2D eigenvalue weighted by atomic mass is 32.1. The zero-order valence-electron chi connectivity index (χ0n) is 30.4. The fraction of sp³-hybridized carbons (Fsp3) is 0. The number of fused-ring (bicyclic) bond motifs is 9. The molecule has 6 heteroatoms. The third-order valence-corrected chi connectivity index (χ3v) is 12.2. The fourth-order valence-electron chi connectivity index (χ4n) is 8.40. The first-order chi connectivity index (χ1) is 28.2. The van der Waals surface area contributed by atoms with Crippen LogP contribution in [0.1, 0.15) is 0 Å². The molecule has 0 atom stereocenters. The highest BCUT2D eigenvalue weighted by Gasteiger charge is 2.19. The van der Waals surface area contributed by atoms with E-state index in [4.69, 9.17) is 19.4 Å². The first kappa shape index (κ1) is 31.9. The maximum absolute atomic E-state index is 6.57. The van der Waals surface area contributed by atoms with Crippen LogP contribution in [0.5, 0.6) is 0 Å². The Hall–Kier alpha value is -7.41. The Labute approximate surface area is 330 Å². The highest BCUT2D eigenvalue weighted by molar-refractivity contribution is 7.25. The van der Waals surface area contributed by atoms with E-state index in [9.17, 15) is 0 Å². The summed E-state index contributed by atoms with van der Waals surface area (Å²) in [5, 5.41) is 7.07. The number of benzene rings is 8. The second-order valence-electron chi connectivity index (χ2n) is 14.4. The fourth-order valence-corrected chi connectivity index (χ4v) is 9.54. The molecule has 0 N–H and O–H groups in total. The molecule has 5 nitrogen and oxygen atoms in total. The number of rotatable bonds is 5. The molecule has 4 heterocycles. The van der Waals surface area contributed by atoms with Crippen molar-refractivity contribution in [1.82, 2.24) is 19.5 Å². The number of hydrogen-bond acceptors (Lipinski definition) is 5. The van der Waals surface area contributed by atoms with Gasteiger partial charge in [0.1, 0.15) is 11.2 Å². The number of nitrogens with zero attached hydrogens (tertiary/aromatic N) is 4. The molecule has 8 aromatic carbocycles. The van der Waals surface area contributed by atoms with E-state index in [1.807, 2.05) is 30.3 Å². The summed E-state index contributed by atoms with van der Waals surface area (Å²) in [4.78, 5) is 15.1. The number of hydrogen-bond donors (Lipinski definition) is 0. The van der Waals surface area contributed by atoms with Crippen LogP contribution in [0.2, 0.25) is 0 Å². The molecule has 0 saturated heterocycles. The predicted octanol–water partition coefficient (Wildman–Crippen LogP) is 13.9. The number of furan rings is 1. The van der Waals surface area contributed by atoms with Crippen LogP contribution in [0.25, 0.3) is 115 Å². The summed E-state index contributed by atoms with van der Waals surface area (Å²) in [6.45, 7) is 0. The van der Waals surface area contributed by atoms with E-state index in [-0.39, 0.29) is 0 Å². The van der Waals surface area contributed by atoms with Gasteiger partial charge in [-0.05, 0) is 60.2 Å². The SMILES string of the molecule is c1ccc(-c2nc(-c3ccc4c(c3)oc3ccc(-c5cccc6c7ccccc7n(-c7ccccc7)c56)cc34)nc(-c3ccc4c(c3)sc3ccccc34)n2)cc1. The van der Waals surface area contributed by atoms with E-state index >= 15 is 0 Å². The molecule has 0 fully saturated rings. The van der Waals surface area contributed by atoms with Gasteiger partial charge in [0.2, 0.25) is 0 Å². The van der Waals surface area contributed by atoms with Crippen molar-refractivity contribution in [3.63, 3.8) is 0 Å². The zero-order chi connectivity index (χ0) is 37.5. The standard InChI is InChI=1S/C51H30N4OS/c1-3-12-31(13-4-1)49-52-50(54-51(53-49)34-23-26-40-39-17-8-10-21-46(39)57-47(40)30-34)33-22-25-38-42-28-32(24-27-44(42)56-45(38)29-33)36-18-11-19-41-37-16-7-9-20-43(37)55(48(36)41)35-14-5-2-6-15-35/h1-30H. The average molecular weight is 747 g/mol. The van der Waals surface area contributed by atoms with E-state index in [0.29, 0.717) is 17.5 Å². The van der Waals surface area contributed by atoms with E-state index in [0.717, 1.165) is 49.9 Å². The van der Waals surface area contributed by atoms with Gasteiger partial charge in [-0.2, -0.15) is 0 Å². The Morgan fingerprint density at radius 2 is 1.02 bits per heavy atom. The van der Waals surface area contributed by atoms with Crippen molar-refractivity contribution in [2.24, 2.45) is 0 Å². The van der Waals surface area contributed by atoms with Crippen molar-refractivity contribution in [3.8, 4) is 51.0 Å². The molecule has 266 valence electrons. The molecular formula is C51H30N4OS. The molecule has 0 bridgehead atoms. The van der Waals surface area contributed by atoms with E-state index in [1.165, 1.54) is 47.5 Å². The first-order valence-corrected chi connectivity index (χ1v) is 19.8. The number of thiophene rings is 1. The molecule has 0 spiro atoms. The number of aromatic nitrogens is 4. The van der Waals surface area contributed by atoms with Gasteiger partial charge in [-0.3, -0.25) is 0 Å².